The molecule has 8 bridgehead atoms. The Labute approximate surface area is 251 Å². The molecule has 0 radical (unpaired) electrons. The van der Waals surface area contributed by atoms with Crippen LogP contribution in [-0.2, 0) is 11.2 Å². The van der Waals surface area contributed by atoms with Gasteiger partial charge in [-0.25, -0.2) is 9.98 Å². The summed E-state index contributed by atoms with van der Waals surface area (Å²) in [5.41, 5.74) is 3.98. The number of aromatic nitrogens is 2. The molecular weight excluding hydrogens is 520 g/mol. The van der Waals surface area contributed by atoms with Crippen molar-refractivity contribution < 1.29 is 9.47 Å². The molecule has 42 heavy (non-hydrogen) atoms. The molecule has 5 rings (SSSR count). The van der Waals surface area contributed by atoms with Crippen LogP contribution in [0.5, 0.6) is 5.75 Å². The summed E-state index contributed by atoms with van der Waals surface area (Å²) in [5, 5.41) is 2.02. The predicted molar refractivity (Wildman–Crippen MR) is 176 cm³/mol. The summed E-state index contributed by atoms with van der Waals surface area (Å²) >= 11 is 0. The number of aliphatic imine (C=N–C) groups is 2. The summed E-state index contributed by atoms with van der Waals surface area (Å²) in [5.74, 6) is 0.869. The molecule has 2 aromatic heterocycles. The van der Waals surface area contributed by atoms with Crippen molar-refractivity contribution in [1.82, 2.24) is 9.97 Å². The normalized spacial score (nSPS) is 18.9. The van der Waals surface area contributed by atoms with E-state index in [4.69, 9.17) is 19.5 Å². The fourth-order valence-electron chi connectivity index (χ4n) is 5.74. The maximum absolute atomic E-state index is 6.59. The second-order valence-electron chi connectivity index (χ2n) is 11.8. The van der Waals surface area contributed by atoms with Gasteiger partial charge in [0.1, 0.15) is 5.75 Å². The molecule has 3 aliphatic rings. The summed E-state index contributed by atoms with van der Waals surface area (Å²) in [6.07, 6.45) is 30.0. The van der Waals surface area contributed by atoms with E-state index in [1.54, 1.807) is 0 Å². The molecule has 0 aliphatic carbocycles. The van der Waals surface area contributed by atoms with Crippen molar-refractivity contribution in [2.45, 2.75) is 103 Å². The van der Waals surface area contributed by atoms with Crippen molar-refractivity contribution in [3.8, 4) is 5.75 Å². The van der Waals surface area contributed by atoms with Gasteiger partial charge in [0.15, 0.2) is 5.72 Å². The zero-order valence-corrected chi connectivity index (χ0v) is 25.6. The van der Waals surface area contributed by atoms with Crippen molar-refractivity contribution in [1.29, 1.82) is 0 Å². The van der Waals surface area contributed by atoms with E-state index in [0.29, 0.717) is 19.6 Å². The first-order chi connectivity index (χ1) is 20.6. The van der Waals surface area contributed by atoms with E-state index in [-0.39, 0.29) is 0 Å². The van der Waals surface area contributed by atoms with Crippen LogP contribution < -0.4 is 15.4 Å². The quantitative estimate of drug-likeness (QED) is 0.208. The van der Waals surface area contributed by atoms with Gasteiger partial charge in [-0.3, -0.25) is 0 Å². The van der Waals surface area contributed by atoms with Gasteiger partial charge >= 0.3 is 0 Å². The number of unbranched alkanes of at least 4 members (excludes halogenated alkanes) is 10. The standard InChI is InChI=1S/C36H48N4O2/c1-3-5-7-9-11-13-21-41-35-26-33-27-36(42-22-14-12-10-8-6-4-2)20-19-32(40-36)24-30-16-15-28(37-30)23-29-17-18-31(38-29)25-34(35)39-33/h15-20,23-26,37,39H,3-14,21-22,27H2,1-2H3. The van der Waals surface area contributed by atoms with Gasteiger partial charge in [-0.15, -0.1) is 0 Å². The van der Waals surface area contributed by atoms with Crippen molar-refractivity contribution in [2.24, 2.45) is 9.98 Å². The van der Waals surface area contributed by atoms with E-state index in [1.807, 2.05) is 0 Å². The fourth-order valence-corrected chi connectivity index (χ4v) is 5.74. The minimum absolute atomic E-state index is 0.612. The van der Waals surface area contributed by atoms with Crippen molar-refractivity contribution in [3.05, 3.63) is 70.3 Å². The molecule has 1 unspecified atom stereocenters. The van der Waals surface area contributed by atoms with Crippen LogP contribution in [0.3, 0.4) is 0 Å². The van der Waals surface area contributed by atoms with Crippen LogP contribution in [0.4, 0.5) is 0 Å². The predicted octanol–water partition coefficient (Wildman–Crippen LogP) is 7.34. The molecule has 224 valence electrons. The number of nitrogens with zero attached hydrogens (tertiary/aromatic N) is 2. The smallest absolute Gasteiger partial charge is 0.184 e. The lowest BCUT2D eigenvalue weighted by Crippen LogP contribution is -2.30. The third-order valence-electron chi connectivity index (χ3n) is 8.06. The lowest BCUT2D eigenvalue weighted by molar-refractivity contribution is -0.00196. The number of aromatic amines is 2. The largest absolute Gasteiger partial charge is 0.491 e. The number of nitrogens with one attached hydrogen (secondary N) is 2. The van der Waals surface area contributed by atoms with Crippen LogP contribution in [0.2, 0.25) is 0 Å². The van der Waals surface area contributed by atoms with Crippen LogP contribution in [0.1, 0.15) is 102 Å². The number of allylic oxidation sites excluding steroid dienone is 3. The third-order valence-corrected chi connectivity index (χ3v) is 8.06. The monoisotopic (exact) mass is 568 g/mol. The Morgan fingerprint density at radius 3 is 2.19 bits per heavy atom. The highest BCUT2D eigenvalue weighted by molar-refractivity contribution is 6.20. The molecule has 0 saturated carbocycles. The van der Waals surface area contributed by atoms with E-state index < -0.39 is 5.72 Å². The zero-order valence-electron chi connectivity index (χ0n) is 25.6. The van der Waals surface area contributed by atoms with Crippen molar-refractivity contribution >= 4 is 29.7 Å². The molecule has 0 aromatic carbocycles. The van der Waals surface area contributed by atoms with Gasteiger partial charge in [0.25, 0.3) is 0 Å². The van der Waals surface area contributed by atoms with Gasteiger partial charge in [0.2, 0.25) is 0 Å². The zero-order chi connectivity index (χ0) is 29.0. The number of hydrogen-bond acceptors (Lipinski definition) is 4. The molecule has 1 atom stereocenters. The second-order valence-corrected chi connectivity index (χ2v) is 11.8. The molecule has 5 heterocycles. The van der Waals surface area contributed by atoms with Crippen LogP contribution in [0.25, 0.3) is 18.2 Å². The van der Waals surface area contributed by atoms with Gasteiger partial charge in [0, 0.05) is 35.5 Å². The van der Waals surface area contributed by atoms with Crippen LogP contribution in [0.15, 0.2) is 58.2 Å². The van der Waals surface area contributed by atoms with E-state index in [0.717, 1.165) is 57.8 Å². The van der Waals surface area contributed by atoms with Gasteiger partial charge in [-0.1, -0.05) is 78.1 Å². The topological polar surface area (TPSA) is 74.8 Å². The molecule has 2 N–H and O–H groups in total. The Balaban J connectivity index is 1.38. The van der Waals surface area contributed by atoms with Gasteiger partial charge in [-0.2, -0.15) is 0 Å². The van der Waals surface area contributed by atoms with Crippen molar-refractivity contribution in [3.63, 3.8) is 0 Å². The average molecular weight is 569 g/mol. The highest BCUT2D eigenvalue weighted by Gasteiger charge is 2.32. The van der Waals surface area contributed by atoms with E-state index in [2.05, 4.69) is 84.5 Å². The second kappa shape index (κ2) is 15.2. The molecule has 2 aromatic rings. The molecule has 3 aliphatic heterocycles. The molecular formula is C36H48N4O2. The minimum Gasteiger partial charge on any atom is -0.491 e. The van der Waals surface area contributed by atoms with Gasteiger partial charge in [0.05, 0.1) is 29.4 Å². The fraction of sp³-hybridized carbons (Fsp3) is 0.500. The Morgan fingerprint density at radius 2 is 1.43 bits per heavy atom. The van der Waals surface area contributed by atoms with E-state index in [9.17, 15) is 0 Å². The van der Waals surface area contributed by atoms with Gasteiger partial charge in [-0.05, 0) is 67.5 Å². The van der Waals surface area contributed by atoms with Gasteiger partial charge < -0.3 is 19.4 Å². The van der Waals surface area contributed by atoms with Crippen molar-refractivity contribution in [2.75, 3.05) is 13.2 Å². The molecule has 0 fully saturated rings. The van der Waals surface area contributed by atoms with Crippen LogP contribution in [-0.4, -0.2) is 40.3 Å². The summed E-state index contributed by atoms with van der Waals surface area (Å²) in [6, 6.07) is 6.29. The first-order valence-corrected chi connectivity index (χ1v) is 16.3. The Morgan fingerprint density at radius 1 is 0.738 bits per heavy atom. The lowest BCUT2D eigenvalue weighted by Gasteiger charge is -2.24. The number of rotatable bonds is 16. The maximum atomic E-state index is 6.59. The maximum Gasteiger partial charge on any atom is 0.184 e. The Hall–Kier alpha value is -3.38. The third kappa shape index (κ3) is 8.57. The first-order valence-electron chi connectivity index (χ1n) is 16.3. The number of fused-ring (bicyclic) bond motifs is 6. The lowest BCUT2D eigenvalue weighted by atomic mass is 10.1. The minimum atomic E-state index is -0.738. The SMILES string of the molecule is CCCCCCCCOc1cc2[nH]c1C=C1C=CC(=N1)C=c1ccc([nH]1)=CC1=NC(OCCCCCCCC)(C=C1)C2. The van der Waals surface area contributed by atoms with Crippen LogP contribution in [0, 0.1) is 0 Å². The molecule has 0 spiro atoms. The molecule has 0 amide bonds. The summed E-state index contributed by atoms with van der Waals surface area (Å²) in [7, 11) is 0. The highest BCUT2D eigenvalue weighted by Crippen LogP contribution is 2.31. The number of H-pyrrole nitrogens is 2. The average Bonchev–Trinajstić information content (AvgIpc) is 3.78. The summed E-state index contributed by atoms with van der Waals surface area (Å²) in [4.78, 5) is 17.1. The molecule has 6 nitrogen and oxygen atoms in total. The number of hydrogen-bond donors (Lipinski definition) is 2. The van der Waals surface area contributed by atoms with E-state index >= 15 is 0 Å². The summed E-state index contributed by atoms with van der Waals surface area (Å²) < 4.78 is 13.0. The summed E-state index contributed by atoms with van der Waals surface area (Å²) in [6.45, 7) is 5.92. The Bertz CT molecular complexity index is 1450. The molecule has 6 heteroatoms. The molecule has 0 saturated heterocycles. The van der Waals surface area contributed by atoms with E-state index in [1.165, 1.54) is 64.2 Å². The number of ether oxygens (including phenoxy) is 2. The Kier molecular flexibility index (Phi) is 10.9. The highest BCUT2D eigenvalue weighted by atomic mass is 16.5. The van der Waals surface area contributed by atoms with Crippen LogP contribution >= 0.6 is 0 Å². The first kappa shape index (κ1) is 30.1.